The third-order valence-electron chi connectivity index (χ3n) is 2.86. The van der Waals surface area contributed by atoms with Crippen LogP contribution in [-0.2, 0) is 23.1 Å². The number of thiazole rings is 1. The third kappa shape index (κ3) is 4.58. The summed E-state index contributed by atoms with van der Waals surface area (Å²) in [5.41, 5.74) is 3.43. The monoisotopic (exact) mass is 345 g/mol. The van der Waals surface area contributed by atoms with Crippen molar-refractivity contribution in [2.24, 2.45) is 0 Å². The van der Waals surface area contributed by atoms with E-state index in [-0.39, 0.29) is 6.54 Å². The van der Waals surface area contributed by atoms with E-state index < -0.39 is 10.0 Å². The molecule has 0 atom stereocenters. The zero-order chi connectivity index (χ0) is 15.5. The molecule has 2 rings (SSSR count). The number of hydrogen-bond acceptors (Lipinski definition) is 6. The Balaban J connectivity index is 2.07. The quantitative estimate of drug-likeness (QED) is 0.809. The summed E-state index contributed by atoms with van der Waals surface area (Å²) in [7, 11) is -3.47. The molecule has 0 spiro atoms. The number of thiophene rings is 1. The van der Waals surface area contributed by atoms with Crippen molar-refractivity contribution in [3.05, 3.63) is 33.1 Å². The Morgan fingerprint density at radius 2 is 2.10 bits per heavy atom. The fourth-order valence-electron chi connectivity index (χ4n) is 1.66. The second-order valence-corrected chi connectivity index (χ2v) is 8.86. The Labute approximate surface area is 133 Å². The van der Waals surface area contributed by atoms with Crippen molar-refractivity contribution in [1.82, 2.24) is 15.0 Å². The molecular formula is C13H19N3O2S3. The molecule has 0 aliphatic rings. The highest BCUT2D eigenvalue weighted by Crippen LogP contribution is 2.26. The first-order chi connectivity index (χ1) is 9.88. The zero-order valence-electron chi connectivity index (χ0n) is 12.2. The molecule has 0 aromatic carbocycles. The van der Waals surface area contributed by atoms with Crippen LogP contribution in [0.2, 0.25) is 0 Å². The van der Waals surface area contributed by atoms with E-state index in [1.807, 2.05) is 12.3 Å². The normalized spacial score (nSPS) is 12.2. The molecule has 0 amide bonds. The van der Waals surface area contributed by atoms with E-state index in [1.54, 1.807) is 11.6 Å². The minimum absolute atomic E-state index is 0.225. The third-order valence-corrected chi connectivity index (χ3v) is 6.61. The molecule has 0 unspecified atom stereocenters. The van der Waals surface area contributed by atoms with Crippen LogP contribution >= 0.6 is 22.7 Å². The van der Waals surface area contributed by atoms with Crippen LogP contribution in [0.4, 0.5) is 0 Å². The lowest BCUT2D eigenvalue weighted by Gasteiger charge is -2.06. The van der Waals surface area contributed by atoms with Crippen molar-refractivity contribution in [2.45, 2.75) is 44.1 Å². The van der Waals surface area contributed by atoms with Crippen LogP contribution in [0.25, 0.3) is 0 Å². The molecule has 2 aromatic rings. The van der Waals surface area contributed by atoms with Crippen LogP contribution in [0.5, 0.6) is 0 Å². The van der Waals surface area contributed by atoms with Gasteiger partial charge in [-0.2, -0.15) is 0 Å². The predicted molar refractivity (Wildman–Crippen MR) is 87.2 cm³/mol. The number of hydrogen-bond donors (Lipinski definition) is 2. The Kier molecular flexibility index (Phi) is 5.50. The van der Waals surface area contributed by atoms with Crippen LogP contribution in [0.3, 0.4) is 0 Å². The molecule has 2 N–H and O–H groups in total. The van der Waals surface area contributed by atoms with Gasteiger partial charge in [-0.3, -0.25) is 0 Å². The number of sulfonamides is 1. The average molecular weight is 346 g/mol. The van der Waals surface area contributed by atoms with Gasteiger partial charge in [-0.25, -0.2) is 18.1 Å². The summed E-state index contributed by atoms with van der Waals surface area (Å²) in [6, 6.07) is 2.10. The molecule has 8 heteroatoms. The lowest BCUT2D eigenvalue weighted by atomic mass is 10.3. The second kappa shape index (κ2) is 6.97. The molecule has 116 valence electrons. The molecule has 0 aliphatic heterocycles. The van der Waals surface area contributed by atoms with Gasteiger partial charge >= 0.3 is 0 Å². The topological polar surface area (TPSA) is 71.1 Å². The minimum Gasteiger partial charge on any atom is -0.310 e. The van der Waals surface area contributed by atoms with Crippen molar-refractivity contribution < 1.29 is 8.42 Å². The minimum atomic E-state index is -3.47. The fraction of sp³-hybridized carbons (Fsp3) is 0.462. The van der Waals surface area contributed by atoms with Crippen molar-refractivity contribution >= 4 is 32.7 Å². The Bertz CT molecular complexity index is 676. The van der Waals surface area contributed by atoms with E-state index >= 15 is 0 Å². The number of rotatable bonds is 7. The van der Waals surface area contributed by atoms with Crippen molar-refractivity contribution in [3.8, 4) is 0 Å². The number of nitrogens with one attached hydrogen (secondary N) is 2. The van der Waals surface area contributed by atoms with Crippen molar-refractivity contribution in [2.75, 3.05) is 0 Å². The molecule has 0 fully saturated rings. The summed E-state index contributed by atoms with van der Waals surface area (Å²) in [5, 5.41) is 5.14. The lowest BCUT2D eigenvalue weighted by Crippen LogP contribution is -2.22. The van der Waals surface area contributed by atoms with Gasteiger partial charge in [0.15, 0.2) is 0 Å². The number of nitrogens with zero attached hydrogens (tertiary/aromatic N) is 1. The second-order valence-electron chi connectivity index (χ2n) is 5.01. The van der Waals surface area contributed by atoms with E-state index in [9.17, 15) is 8.42 Å². The van der Waals surface area contributed by atoms with Crippen molar-refractivity contribution in [3.63, 3.8) is 0 Å². The number of aryl methyl sites for hydroxylation is 1. The van der Waals surface area contributed by atoms with Gasteiger partial charge in [-0.1, -0.05) is 13.8 Å². The van der Waals surface area contributed by atoms with Gasteiger partial charge in [-0.05, 0) is 18.6 Å². The van der Waals surface area contributed by atoms with E-state index in [2.05, 4.69) is 28.9 Å². The van der Waals surface area contributed by atoms with Gasteiger partial charge in [0.05, 0.1) is 17.7 Å². The maximum atomic E-state index is 12.3. The molecule has 5 nitrogen and oxygen atoms in total. The van der Waals surface area contributed by atoms with E-state index in [0.717, 1.165) is 16.1 Å². The summed E-state index contributed by atoms with van der Waals surface area (Å²) in [6.45, 7) is 6.98. The highest BCUT2D eigenvalue weighted by molar-refractivity contribution is 7.91. The Hall–Kier alpha value is -0.800. The van der Waals surface area contributed by atoms with E-state index in [0.29, 0.717) is 16.8 Å². The SMILES string of the molecule is Cc1cc(S(=O)(=O)NCc2cscn2)sc1CNC(C)C. The first-order valence-corrected chi connectivity index (χ1v) is 9.82. The summed E-state index contributed by atoms with van der Waals surface area (Å²) < 4.78 is 27.5. The summed E-state index contributed by atoms with van der Waals surface area (Å²) >= 11 is 2.77. The average Bonchev–Trinajstić information content (AvgIpc) is 3.04. The number of aromatic nitrogens is 1. The van der Waals surface area contributed by atoms with Crippen LogP contribution < -0.4 is 10.0 Å². The maximum absolute atomic E-state index is 12.3. The van der Waals surface area contributed by atoms with Crippen molar-refractivity contribution in [1.29, 1.82) is 0 Å². The van der Waals surface area contributed by atoms with Gasteiger partial charge in [0.25, 0.3) is 0 Å². The molecule has 0 bridgehead atoms. The van der Waals surface area contributed by atoms with Gasteiger partial charge < -0.3 is 5.32 Å². The molecule has 0 radical (unpaired) electrons. The highest BCUT2D eigenvalue weighted by Gasteiger charge is 2.19. The maximum Gasteiger partial charge on any atom is 0.250 e. The standard InChI is InChI=1S/C13H19N3O2S3/c1-9(2)14-6-12-10(3)4-13(20-12)21(17,18)16-5-11-7-19-8-15-11/h4,7-9,14,16H,5-6H2,1-3H3. The summed E-state index contributed by atoms with van der Waals surface area (Å²) in [6.07, 6.45) is 0. The highest BCUT2D eigenvalue weighted by atomic mass is 32.2. The lowest BCUT2D eigenvalue weighted by molar-refractivity contribution is 0.582. The first kappa shape index (κ1) is 16.6. The van der Waals surface area contributed by atoms with Gasteiger partial charge in [0.2, 0.25) is 10.0 Å². The largest absolute Gasteiger partial charge is 0.310 e. The van der Waals surface area contributed by atoms with Crippen LogP contribution in [0.1, 0.15) is 30.0 Å². The van der Waals surface area contributed by atoms with E-state index in [4.69, 9.17) is 0 Å². The van der Waals surface area contributed by atoms with E-state index in [1.165, 1.54) is 22.7 Å². The molecule has 2 aromatic heterocycles. The first-order valence-electron chi connectivity index (χ1n) is 6.58. The smallest absolute Gasteiger partial charge is 0.250 e. The molecular weight excluding hydrogens is 326 g/mol. The predicted octanol–water partition coefficient (Wildman–Crippen LogP) is 2.49. The molecule has 0 saturated heterocycles. The van der Waals surface area contributed by atoms with Gasteiger partial charge in [-0.15, -0.1) is 22.7 Å². The Morgan fingerprint density at radius 3 is 2.71 bits per heavy atom. The summed E-state index contributed by atoms with van der Waals surface area (Å²) in [5.74, 6) is 0. The molecule has 0 saturated carbocycles. The fourth-order valence-corrected chi connectivity index (χ4v) is 4.80. The summed E-state index contributed by atoms with van der Waals surface area (Å²) in [4.78, 5) is 5.12. The van der Waals surface area contributed by atoms with Crippen LogP contribution in [-0.4, -0.2) is 19.4 Å². The molecule has 21 heavy (non-hydrogen) atoms. The molecule has 2 heterocycles. The molecule has 0 aliphatic carbocycles. The Morgan fingerprint density at radius 1 is 1.33 bits per heavy atom. The van der Waals surface area contributed by atoms with Gasteiger partial charge in [0.1, 0.15) is 4.21 Å². The van der Waals surface area contributed by atoms with Crippen LogP contribution in [0.15, 0.2) is 21.2 Å². The zero-order valence-corrected chi connectivity index (χ0v) is 14.7. The van der Waals surface area contributed by atoms with Crippen LogP contribution in [0, 0.1) is 6.92 Å². The van der Waals surface area contributed by atoms with Gasteiger partial charge in [0, 0.05) is 22.8 Å².